The van der Waals surface area contributed by atoms with Gasteiger partial charge in [0, 0.05) is 26.8 Å². The minimum absolute atomic E-state index is 0.176. The molecule has 2 heterocycles. The summed E-state index contributed by atoms with van der Waals surface area (Å²) in [7, 11) is 0. The first kappa shape index (κ1) is 14.5. The van der Waals surface area contributed by atoms with Crippen LogP contribution < -0.4 is 5.73 Å². The van der Waals surface area contributed by atoms with Crippen molar-refractivity contribution in [3.05, 3.63) is 20.8 Å². The molecule has 2 N–H and O–H groups in total. The van der Waals surface area contributed by atoms with Crippen LogP contribution in [-0.2, 0) is 0 Å². The van der Waals surface area contributed by atoms with E-state index in [9.17, 15) is 0 Å². The van der Waals surface area contributed by atoms with E-state index < -0.39 is 0 Å². The summed E-state index contributed by atoms with van der Waals surface area (Å²) in [4.78, 5) is 4.03. The third kappa shape index (κ3) is 2.98. The number of nitrogens with two attached hydrogens (primary N) is 1. The van der Waals surface area contributed by atoms with Crippen LogP contribution in [0.15, 0.2) is 15.9 Å². The molecule has 3 unspecified atom stereocenters. The van der Waals surface area contributed by atoms with E-state index in [1.807, 2.05) is 11.3 Å². The van der Waals surface area contributed by atoms with Crippen molar-refractivity contribution in [3.8, 4) is 0 Å². The van der Waals surface area contributed by atoms with Crippen LogP contribution in [0.5, 0.6) is 0 Å². The van der Waals surface area contributed by atoms with Crippen molar-refractivity contribution in [2.24, 2.45) is 11.7 Å². The Morgan fingerprint density at radius 2 is 2.17 bits per heavy atom. The lowest BCUT2D eigenvalue weighted by Crippen LogP contribution is -2.43. The molecule has 0 spiro atoms. The molecule has 0 saturated carbocycles. The Balaban J connectivity index is 2.25. The van der Waals surface area contributed by atoms with Crippen LogP contribution in [0.4, 0.5) is 0 Å². The fraction of sp³-hybridized carbons (Fsp3) is 0.714. The van der Waals surface area contributed by atoms with Crippen LogP contribution in [0, 0.1) is 5.92 Å². The minimum atomic E-state index is 0.176. The molecule has 4 heteroatoms. The summed E-state index contributed by atoms with van der Waals surface area (Å²) in [6, 6.07) is 3.46. The first-order valence-corrected chi connectivity index (χ1v) is 8.43. The molecule has 102 valence electrons. The van der Waals surface area contributed by atoms with Gasteiger partial charge in [-0.1, -0.05) is 13.8 Å². The second-order valence-electron chi connectivity index (χ2n) is 5.66. The van der Waals surface area contributed by atoms with Gasteiger partial charge >= 0.3 is 0 Å². The summed E-state index contributed by atoms with van der Waals surface area (Å²) in [6.07, 6.45) is 2.62. The average Bonchev–Trinajstić information content (AvgIpc) is 2.88. The molecule has 2 rings (SSSR count). The highest BCUT2D eigenvalue weighted by molar-refractivity contribution is 9.10. The van der Waals surface area contributed by atoms with Gasteiger partial charge in [0.15, 0.2) is 0 Å². The molecule has 1 aliphatic rings. The molecule has 1 aliphatic heterocycles. The second-order valence-corrected chi connectivity index (χ2v) is 7.52. The van der Waals surface area contributed by atoms with Gasteiger partial charge in [-0.2, -0.15) is 0 Å². The van der Waals surface area contributed by atoms with Crippen molar-refractivity contribution in [2.45, 2.75) is 51.7 Å². The predicted octanol–water partition coefficient (Wildman–Crippen LogP) is 4.02. The van der Waals surface area contributed by atoms with E-state index in [1.165, 1.54) is 28.7 Å². The van der Waals surface area contributed by atoms with Crippen molar-refractivity contribution in [3.63, 3.8) is 0 Å². The molecule has 1 fully saturated rings. The molecule has 1 aromatic rings. The first-order valence-electron chi connectivity index (χ1n) is 6.76. The lowest BCUT2D eigenvalue weighted by Gasteiger charge is -2.36. The highest BCUT2D eigenvalue weighted by atomic mass is 79.9. The molecule has 1 aromatic heterocycles. The fourth-order valence-electron chi connectivity index (χ4n) is 3.08. The summed E-state index contributed by atoms with van der Waals surface area (Å²) in [5.74, 6) is 0.706. The summed E-state index contributed by atoms with van der Waals surface area (Å²) < 4.78 is 1.17. The Hall–Kier alpha value is 0.1000. The van der Waals surface area contributed by atoms with Crippen LogP contribution in [0.25, 0.3) is 0 Å². The van der Waals surface area contributed by atoms with Gasteiger partial charge in [0.05, 0.1) is 6.04 Å². The molecule has 2 nitrogen and oxygen atoms in total. The molecule has 18 heavy (non-hydrogen) atoms. The highest BCUT2D eigenvalue weighted by Crippen LogP contribution is 2.37. The highest BCUT2D eigenvalue weighted by Gasteiger charge is 2.35. The summed E-state index contributed by atoms with van der Waals surface area (Å²) in [6.45, 7) is 7.97. The first-order chi connectivity index (χ1) is 8.50. The molecule has 0 amide bonds. The Morgan fingerprint density at radius 1 is 1.44 bits per heavy atom. The van der Waals surface area contributed by atoms with Crippen LogP contribution >= 0.6 is 27.3 Å². The van der Waals surface area contributed by atoms with Crippen molar-refractivity contribution < 1.29 is 0 Å². The number of hydrogen-bond acceptors (Lipinski definition) is 3. The van der Waals surface area contributed by atoms with Gasteiger partial charge in [-0.25, -0.2) is 0 Å². The Kier molecular flexibility index (Phi) is 4.86. The fourth-order valence-corrected chi connectivity index (χ4v) is 4.76. The Labute approximate surface area is 123 Å². The monoisotopic (exact) mass is 330 g/mol. The van der Waals surface area contributed by atoms with Crippen LogP contribution in [0.3, 0.4) is 0 Å². The Morgan fingerprint density at radius 3 is 2.67 bits per heavy atom. The number of hydrogen-bond donors (Lipinski definition) is 1. The van der Waals surface area contributed by atoms with Crippen molar-refractivity contribution in [2.75, 3.05) is 6.54 Å². The lowest BCUT2D eigenvalue weighted by molar-refractivity contribution is 0.132. The largest absolute Gasteiger partial charge is 0.326 e. The summed E-state index contributed by atoms with van der Waals surface area (Å²) in [5, 5.41) is 2.16. The topological polar surface area (TPSA) is 29.3 Å². The average molecular weight is 331 g/mol. The second kappa shape index (κ2) is 6.04. The number of nitrogens with zero attached hydrogens (tertiary/aromatic N) is 1. The SMILES string of the molecule is CC(C)C1CCCN1C(c1cc(Br)cs1)C(C)N. The quantitative estimate of drug-likeness (QED) is 0.903. The van der Waals surface area contributed by atoms with Gasteiger partial charge in [-0.05, 0) is 54.2 Å². The van der Waals surface area contributed by atoms with Crippen LogP contribution in [0.2, 0.25) is 0 Å². The maximum Gasteiger partial charge on any atom is 0.0593 e. The number of halogens is 1. The van der Waals surface area contributed by atoms with Gasteiger partial charge in [-0.15, -0.1) is 11.3 Å². The van der Waals surface area contributed by atoms with Crippen LogP contribution in [-0.4, -0.2) is 23.5 Å². The van der Waals surface area contributed by atoms with Gasteiger partial charge in [0.1, 0.15) is 0 Å². The Bertz CT molecular complexity index is 389. The van der Waals surface area contributed by atoms with E-state index in [2.05, 4.69) is 53.0 Å². The van der Waals surface area contributed by atoms with Crippen molar-refractivity contribution in [1.82, 2.24) is 4.90 Å². The lowest BCUT2D eigenvalue weighted by atomic mass is 9.98. The van der Waals surface area contributed by atoms with Gasteiger partial charge < -0.3 is 5.73 Å². The van der Waals surface area contributed by atoms with Crippen molar-refractivity contribution >= 4 is 27.3 Å². The summed E-state index contributed by atoms with van der Waals surface area (Å²) in [5.41, 5.74) is 6.27. The van der Waals surface area contributed by atoms with Crippen LogP contribution in [0.1, 0.15) is 44.5 Å². The normalized spacial score (nSPS) is 24.7. The number of rotatable bonds is 4. The van der Waals surface area contributed by atoms with E-state index >= 15 is 0 Å². The zero-order valence-corrected chi connectivity index (χ0v) is 13.8. The number of thiophene rings is 1. The van der Waals surface area contributed by atoms with Gasteiger partial charge in [0.25, 0.3) is 0 Å². The molecule has 0 bridgehead atoms. The van der Waals surface area contributed by atoms with Gasteiger partial charge in [0.2, 0.25) is 0 Å². The molecular weight excluding hydrogens is 308 g/mol. The minimum Gasteiger partial charge on any atom is -0.326 e. The standard InChI is InChI=1S/C14H23BrN2S/c1-9(2)12-5-4-6-17(12)14(10(3)16)13-7-11(15)8-18-13/h7-10,12,14H,4-6,16H2,1-3H3. The molecule has 1 saturated heterocycles. The third-order valence-corrected chi connectivity index (χ3v) is 5.61. The molecule has 0 aromatic carbocycles. The van der Waals surface area contributed by atoms with E-state index in [4.69, 9.17) is 5.73 Å². The molecular formula is C14H23BrN2S. The van der Waals surface area contributed by atoms with Gasteiger partial charge in [-0.3, -0.25) is 4.90 Å². The van der Waals surface area contributed by atoms with E-state index in [1.54, 1.807) is 0 Å². The zero-order valence-electron chi connectivity index (χ0n) is 11.4. The third-order valence-electron chi connectivity index (χ3n) is 3.85. The van der Waals surface area contributed by atoms with Crippen molar-refractivity contribution in [1.29, 1.82) is 0 Å². The summed E-state index contributed by atoms with van der Waals surface area (Å²) >= 11 is 5.37. The molecule has 0 radical (unpaired) electrons. The van der Waals surface area contributed by atoms with E-state index in [-0.39, 0.29) is 6.04 Å². The molecule has 3 atom stereocenters. The zero-order chi connectivity index (χ0) is 13.3. The van der Waals surface area contributed by atoms with E-state index in [0.717, 1.165) is 0 Å². The number of likely N-dealkylation sites (tertiary alicyclic amines) is 1. The smallest absolute Gasteiger partial charge is 0.0593 e. The predicted molar refractivity (Wildman–Crippen MR) is 83.0 cm³/mol. The maximum absolute atomic E-state index is 6.27. The molecule has 0 aliphatic carbocycles. The maximum atomic E-state index is 6.27. The van der Waals surface area contributed by atoms with E-state index in [0.29, 0.717) is 18.0 Å².